The number of carbonyl (C=O) groups is 3. The third-order valence-corrected chi connectivity index (χ3v) is 4.00. The minimum absolute atomic E-state index is 0.0557. The first kappa shape index (κ1) is 21.2. The molecule has 2 aromatic rings. The third kappa shape index (κ3) is 6.92. The van der Waals surface area contributed by atoms with Crippen molar-refractivity contribution in [3.8, 4) is 5.75 Å². The normalized spacial score (nSPS) is 10.1. The molecule has 0 atom stereocenters. The van der Waals surface area contributed by atoms with Crippen molar-refractivity contribution < 1.29 is 23.9 Å². The minimum atomic E-state index is -0.636. The van der Waals surface area contributed by atoms with Gasteiger partial charge in [-0.2, -0.15) is 0 Å². The highest BCUT2D eigenvalue weighted by molar-refractivity contribution is 6.31. The summed E-state index contributed by atoms with van der Waals surface area (Å²) >= 11 is 5.89. The quantitative estimate of drug-likeness (QED) is 0.656. The van der Waals surface area contributed by atoms with Crippen LogP contribution in [0, 0.1) is 6.92 Å². The van der Waals surface area contributed by atoms with Crippen LogP contribution in [0.4, 0.5) is 11.4 Å². The van der Waals surface area contributed by atoms with Crippen LogP contribution in [0.2, 0.25) is 5.02 Å². The standard InChI is InChI=1S/C20H21ClN2O5/c1-13-3-4-14(21)11-17(13)23-19(25)12-28-20(26)10-9-18(24)22-15-5-7-16(27-2)8-6-15/h3-8,11H,9-10,12H2,1-2H3,(H,22,24)(H,23,25). The van der Waals surface area contributed by atoms with Crippen LogP contribution in [0.15, 0.2) is 42.5 Å². The van der Waals surface area contributed by atoms with E-state index in [9.17, 15) is 14.4 Å². The van der Waals surface area contributed by atoms with Gasteiger partial charge >= 0.3 is 5.97 Å². The Morgan fingerprint density at radius 1 is 0.964 bits per heavy atom. The summed E-state index contributed by atoms with van der Waals surface area (Å²) in [6, 6.07) is 11.9. The van der Waals surface area contributed by atoms with Gasteiger partial charge in [-0.1, -0.05) is 17.7 Å². The maximum absolute atomic E-state index is 11.9. The van der Waals surface area contributed by atoms with Gasteiger partial charge in [-0.3, -0.25) is 14.4 Å². The molecule has 0 saturated heterocycles. The fraction of sp³-hybridized carbons (Fsp3) is 0.250. The molecule has 0 saturated carbocycles. The van der Waals surface area contributed by atoms with Gasteiger partial charge in [-0.25, -0.2) is 0 Å². The molecule has 2 rings (SSSR count). The van der Waals surface area contributed by atoms with Crippen LogP contribution >= 0.6 is 11.6 Å². The number of esters is 1. The fourth-order valence-electron chi connectivity index (χ4n) is 2.25. The summed E-state index contributed by atoms with van der Waals surface area (Å²) in [4.78, 5) is 35.5. The Kier molecular flexibility index (Phi) is 7.83. The second-order valence-corrected chi connectivity index (χ2v) is 6.38. The van der Waals surface area contributed by atoms with Gasteiger partial charge < -0.3 is 20.1 Å². The Hall–Kier alpha value is -3.06. The Labute approximate surface area is 168 Å². The van der Waals surface area contributed by atoms with Gasteiger partial charge in [0.05, 0.1) is 13.5 Å². The first-order chi connectivity index (χ1) is 13.4. The van der Waals surface area contributed by atoms with E-state index in [1.807, 2.05) is 6.92 Å². The van der Waals surface area contributed by atoms with Crippen molar-refractivity contribution in [3.63, 3.8) is 0 Å². The maximum atomic E-state index is 11.9. The first-order valence-corrected chi connectivity index (χ1v) is 8.90. The molecule has 0 fully saturated rings. The van der Waals surface area contributed by atoms with E-state index in [0.717, 1.165) is 5.56 Å². The topological polar surface area (TPSA) is 93.7 Å². The monoisotopic (exact) mass is 404 g/mol. The number of aryl methyl sites for hydroxylation is 1. The van der Waals surface area contributed by atoms with E-state index in [0.29, 0.717) is 22.1 Å². The summed E-state index contributed by atoms with van der Waals surface area (Å²) in [5.74, 6) is -0.779. The highest BCUT2D eigenvalue weighted by Gasteiger charge is 2.12. The molecular formula is C20H21ClN2O5. The van der Waals surface area contributed by atoms with Crippen molar-refractivity contribution in [2.75, 3.05) is 24.4 Å². The van der Waals surface area contributed by atoms with E-state index in [-0.39, 0.29) is 18.7 Å². The van der Waals surface area contributed by atoms with E-state index < -0.39 is 18.5 Å². The van der Waals surface area contributed by atoms with Gasteiger partial charge in [-0.05, 0) is 48.9 Å². The lowest BCUT2D eigenvalue weighted by molar-refractivity contribution is -0.147. The second kappa shape index (κ2) is 10.3. The number of rotatable bonds is 8. The number of carbonyl (C=O) groups excluding carboxylic acids is 3. The molecule has 0 aromatic heterocycles. The van der Waals surface area contributed by atoms with Crippen LogP contribution < -0.4 is 15.4 Å². The van der Waals surface area contributed by atoms with Crippen molar-refractivity contribution in [1.82, 2.24) is 0 Å². The lowest BCUT2D eigenvalue weighted by Crippen LogP contribution is -2.22. The summed E-state index contributed by atoms with van der Waals surface area (Å²) in [5, 5.41) is 5.77. The predicted octanol–water partition coefficient (Wildman–Crippen LogP) is 3.56. The van der Waals surface area contributed by atoms with Crippen molar-refractivity contribution >= 4 is 40.8 Å². The highest BCUT2D eigenvalue weighted by atomic mass is 35.5. The lowest BCUT2D eigenvalue weighted by atomic mass is 10.2. The fourth-order valence-corrected chi connectivity index (χ4v) is 2.42. The zero-order valence-electron chi connectivity index (χ0n) is 15.6. The lowest BCUT2D eigenvalue weighted by Gasteiger charge is -2.09. The first-order valence-electron chi connectivity index (χ1n) is 8.53. The average molecular weight is 405 g/mol. The molecule has 28 heavy (non-hydrogen) atoms. The van der Waals surface area contributed by atoms with Crippen LogP contribution in [0.1, 0.15) is 18.4 Å². The SMILES string of the molecule is COc1ccc(NC(=O)CCC(=O)OCC(=O)Nc2cc(Cl)ccc2C)cc1. The van der Waals surface area contributed by atoms with Gasteiger partial charge in [0.2, 0.25) is 5.91 Å². The number of amides is 2. The molecule has 0 aliphatic carbocycles. The Morgan fingerprint density at radius 3 is 2.36 bits per heavy atom. The zero-order chi connectivity index (χ0) is 20.5. The number of benzene rings is 2. The van der Waals surface area contributed by atoms with Crippen molar-refractivity contribution in [2.24, 2.45) is 0 Å². The van der Waals surface area contributed by atoms with Crippen molar-refractivity contribution in [1.29, 1.82) is 0 Å². The Balaban J connectivity index is 1.70. The predicted molar refractivity (Wildman–Crippen MR) is 107 cm³/mol. The van der Waals surface area contributed by atoms with E-state index in [1.165, 1.54) is 0 Å². The van der Waals surface area contributed by atoms with Gasteiger partial charge in [0, 0.05) is 22.8 Å². The molecule has 8 heteroatoms. The molecule has 0 unspecified atom stereocenters. The Bertz CT molecular complexity index is 852. The Morgan fingerprint density at radius 2 is 1.68 bits per heavy atom. The smallest absolute Gasteiger partial charge is 0.306 e. The summed E-state index contributed by atoms with van der Waals surface area (Å²) in [7, 11) is 1.55. The van der Waals surface area contributed by atoms with Gasteiger partial charge in [0.25, 0.3) is 5.91 Å². The summed E-state index contributed by atoms with van der Waals surface area (Å²) in [5.41, 5.74) is 1.97. The molecule has 0 aliphatic rings. The van der Waals surface area contributed by atoms with Gasteiger partial charge in [0.1, 0.15) is 5.75 Å². The molecule has 2 amide bonds. The molecule has 0 aliphatic heterocycles. The molecule has 7 nitrogen and oxygen atoms in total. The van der Waals surface area contributed by atoms with E-state index in [2.05, 4.69) is 10.6 Å². The molecular weight excluding hydrogens is 384 g/mol. The summed E-state index contributed by atoms with van der Waals surface area (Å²) in [6.45, 7) is 1.38. The maximum Gasteiger partial charge on any atom is 0.306 e. The number of hydrogen-bond donors (Lipinski definition) is 2. The molecule has 0 heterocycles. The minimum Gasteiger partial charge on any atom is -0.497 e. The number of nitrogens with one attached hydrogen (secondary N) is 2. The van der Waals surface area contributed by atoms with E-state index >= 15 is 0 Å². The largest absolute Gasteiger partial charge is 0.497 e. The summed E-state index contributed by atoms with van der Waals surface area (Å²) < 4.78 is 9.93. The van der Waals surface area contributed by atoms with Crippen molar-refractivity contribution in [2.45, 2.75) is 19.8 Å². The molecule has 2 N–H and O–H groups in total. The van der Waals surface area contributed by atoms with Crippen LogP contribution in [-0.2, 0) is 19.1 Å². The number of ether oxygens (including phenoxy) is 2. The van der Waals surface area contributed by atoms with E-state index in [4.69, 9.17) is 21.1 Å². The van der Waals surface area contributed by atoms with Crippen LogP contribution in [0.25, 0.3) is 0 Å². The van der Waals surface area contributed by atoms with Crippen LogP contribution in [0.5, 0.6) is 5.75 Å². The number of halogens is 1. The highest BCUT2D eigenvalue weighted by Crippen LogP contribution is 2.20. The third-order valence-electron chi connectivity index (χ3n) is 3.77. The van der Waals surface area contributed by atoms with Crippen molar-refractivity contribution in [3.05, 3.63) is 53.1 Å². The zero-order valence-corrected chi connectivity index (χ0v) is 16.3. The second-order valence-electron chi connectivity index (χ2n) is 5.94. The van der Waals surface area contributed by atoms with Gasteiger partial charge in [0.15, 0.2) is 6.61 Å². The molecule has 0 spiro atoms. The van der Waals surface area contributed by atoms with Crippen LogP contribution in [-0.4, -0.2) is 31.5 Å². The molecule has 148 valence electrons. The van der Waals surface area contributed by atoms with E-state index in [1.54, 1.807) is 49.6 Å². The number of anilines is 2. The summed E-state index contributed by atoms with van der Waals surface area (Å²) in [6.07, 6.45) is -0.189. The molecule has 0 bridgehead atoms. The average Bonchev–Trinajstić information content (AvgIpc) is 2.68. The van der Waals surface area contributed by atoms with Gasteiger partial charge in [-0.15, -0.1) is 0 Å². The number of methoxy groups -OCH3 is 1. The van der Waals surface area contributed by atoms with Crippen LogP contribution in [0.3, 0.4) is 0 Å². The molecule has 2 aromatic carbocycles. The molecule has 0 radical (unpaired) electrons. The number of hydrogen-bond acceptors (Lipinski definition) is 5.